The Hall–Kier alpha value is -4.59. The van der Waals surface area contributed by atoms with E-state index in [2.05, 4.69) is 11.5 Å². The maximum Gasteiger partial charge on any atom is 0.378 e. The second kappa shape index (κ2) is 9.94. The van der Waals surface area contributed by atoms with Gasteiger partial charge in [-0.05, 0) is 79.2 Å². The molecule has 0 saturated heterocycles. The van der Waals surface area contributed by atoms with Crippen LogP contribution in [-0.2, 0) is 9.68 Å². The van der Waals surface area contributed by atoms with Crippen molar-refractivity contribution in [3.8, 4) is 23.0 Å². The zero-order chi connectivity index (χ0) is 23.1. The van der Waals surface area contributed by atoms with Crippen molar-refractivity contribution in [1.29, 1.82) is 0 Å². The molecular formula is C24H18O8. The van der Waals surface area contributed by atoms with Gasteiger partial charge in [0.15, 0.2) is 5.75 Å². The highest BCUT2D eigenvalue weighted by atomic mass is 17.2. The normalized spacial score (nSPS) is 10.0. The third-order valence-electron chi connectivity index (χ3n) is 4.14. The van der Waals surface area contributed by atoms with Crippen molar-refractivity contribution in [2.45, 2.75) is 6.92 Å². The van der Waals surface area contributed by atoms with Crippen molar-refractivity contribution in [3.63, 3.8) is 0 Å². The SMILES string of the molecule is C=CC(=O)OOc1ccc(C(=O)Oc2ccc(OC(=O)c3ccc(O)cc3)cc2C)cc1. The number of carbonyl (C=O) groups excluding carboxylic acids is 3. The number of rotatable bonds is 7. The number of hydrogen-bond donors (Lipinski definition) is 1. The summed E-state index contributed by atoms with van der Waals surface area (Å²) in [6.07, 6.45) is 0.952. The number of benzene rings is 3. The number of phenolic OH excluding ortho intramolecular Hbond substituents is 1. The fourth-order valence-corrected chi connectivity index (χ4v) is 2.49. The van der Waals surface area contributed by atoms with E-state index in [9.17, 15) is 19.5 Å². The van der Waals surface area contributed by atoms with Crippen LogP contribution in [0.2, 0.25) is 0 Å². The first-order valence-corrected chi connectivity index (χ1v) is 9.31. The van der Waals surface area contributed by atoms with E-state index in [1.165, 1.54) is 60.7 Å². The van der Waals surface area contributed by atoms with E-state index in [0.717, 1.165) is 6.08 Å². The zero-order valence-electron chi connectivity index (χ0n) is 16.9. The van der Waals surface area contributed by atoms with E-state index in [1.807, 2.05) is 0 Å². The molecule has 0 spiro atoms. The molecule has 0 aliphatic rings. The predicted molar refractivity (Wildman–Crippen MR) is 113 cm³/mol. The maximum atomic E-state index is 12.4. The summed E-state index contributed by atoms with van der Waals surface area (Å²) in [5, 5.41) is 9.30. The molecule has 32 heavy (non-hydrogen) atoms. The molecular weight excluding hydrogens is 416 g/mol. The lowest BCUT2D eigenvalue weighted by molar-refractivity contribution is -0.207. The molecule has 0 aromatic heterocycles. The van der Waals surface area contributed by atoms with E-state index in [0.29, 0.717) is 11.3 Å². The molecule has 0 atom stereocenters. The van der Waals surface area contributed by atoms with Crippen LogP contribution in [-0.4, -0.2) is 23.0 Å². The van der Waals surface area contributed by atoms with Gasteiger partial charge in [0.25, 0.3) is 0 Å². The molecule has 3 aromatic carbocycles. The van der Waals surface area contributed by atoms with E-state index < -0.39 is 17.9 Å². The van der Waals surface area contributed by atoms with E-state index in [4.69, 9.17) is 14.4 Å². The van der Waals surface area contributed by atoms with Gasteiger partial charge in [0.05, 0.1) is 11.1 Å². The first kappa shape index (κ1) is 22.1. The van der Waals surface area contributed by atoms with Crippen molar-refractivity contribution < 1.29 is 38.7 Å². The molecule has 0 fully saturated rings. The van der Waals surface area contributed by atoms with E-state index >= 15 is 0 Å². The highest BCUT2D eigenvalue weighted by Crippen LogP contribution is 2.25. The first-order valence-electron chi connectivity index (χ1n) is 9.31. The fourth-order valence-electron chi connectivity index (χ4n) is 2.49. The Balaban J connectivity index is 1.61. The van der Waals surface area contributed by atoms with Crippen LogP contribution in [0.5, 0.6) is 23.0 Å². The number of carbonyl (C=O) groups is 3. The molecule has 3 aromatic rings. The van der Waals surface area contributed by atoms with Crippen molar-refractivity contribution in [2.75, 3.05) is 0 Å². The molecule has 0 radical (unpaired) electrons. The first-order chi connectivity index (χ1) is 15.4. The lowest BCUT2D eigenvalue weighted by atomic mass is 10.2. The molecule has 8 heteroatoms. The van der Waals surface area contributed by atoms with Gasteiger partial charge in [0.2, 0.25) is 0 Å². The Morgan fingerprint density at radius 2 is 1.38 bits per heavy atom. The van der Waals surface area contributed by atoms with Gasteiger partial charge >= 0.3 is 17.9 Å². The quantitative estimate of drug-likeness (QED) is 0.194. The number of phenols is 1. The Bertz CT molecular complexity index is 1150. The number of ether oxygens (including phenoxy) is 2. The highest BCUT2D eigenvalue weighted by Gasteiger charge is 2.14. The molecule has 8 nitrogen and oxygen atoms in total. The van der Waals surface area contributed by atoms with Crippen LogP contribution in [0.4, 0.5) is 0 Å². The minimum Gasteiger partial charge on any atom is -0.508 e. The molecule has 0 heterocycles. The zero-order valence-corrected chi connectivity index (χ0v) is 16.9. The van der Waals surface area contributed by atoms with Crippen LogP contribution in [0.3, 0.4) is 0 Å². The minimum absolute atomic E-state index is 0.0434. The lowest BCUT2D eigenvalue weighted by Crippen LogP contribution is -2.10. The molecule has 0 saturated carbocycles. The average molecular weight is 434 g/mol. The van der Waals surface area contributed by atoms with E-state index in [1.54, 1.807) is 13.0 Å². The van der Waals surface area contributed by atoms with Crippen molar-refractivity contribution >= 4 is 17.9 Å². The smallest absolute Gasteiger partial charge is 0.378 e. The maximum absolute atomic E-state index is 12.4. The molecule has 0 bridgehead atoms. The standard InChI is InChI=1S/C24H18O8/c1-3-22(26)32-31-19-10-6-17(7-11-19)24(28)30-21-13-12-20(14-15(21)2)29-23(27)16-4-8-18(25)9-5-16/h3-14,25H,1H2,2H3. The number of aryl methyl sites for hydroxylation is 1. The summed E-state index contributed by atoms with van der Waals surface area (Å²) in [6, 6.07) is 16.0. The molecule has 1 N–H and O–H groups in total. The third-order valence-corrected chi connectivity index (χ3v) is 4.14. The Morgan fingerprint density at radius 3 is 1.97 bits per heavy atom. The van der Waals surface area contributed by atoms with Crippen molar-refractivity contribution in [3.05, 3.63) is 96.1 Å². The topological polar surface area (TPSA) is 108 Å². The molecule has 3 rings (SSSR count). The van der Waals surface area contributed by atoms with Crippen LogP contribution in [0.15, 0.2) is 79.4 Å². The van der Waals surface area contributed by atoms with Crippen LogP contribution < -0.4 is 14.4 Å². The predicted octanol–water partition coefficient (Wildman–Crippen LogP) is 4.16. The summed E-state index contributed by atoms with van der Waals surface area (Å²) in [6.45, 7) is 4.94. The molecule has 0 unspecified atom stereocenters. The number of aromatic hydroxyl groups is 1. The summed E-state index contributed by atoms with van der Waals surface area (Å²) in [5.41, 5.74) is 1.10. The Kier molecular flexibility index (Phi) is 6.87. The summed E-state index contributed by atoms with van der Waals surface area (Å²) in [5.74, 6) is -1.13. The average Bonchev–Trinajstić information content (AvgIpc) is 2.79. The van der Waals surface area contributed by atoms with Gasteiger partial charge in [0.1, 0.15) is 17.2 Å². The van der Waals surface area contributed by atoms with Crippen molar-refractivity contribution in [1.82, 2.24) is 0 Å². The molecule has 0 aliphatic carbocycles. The molecule has 0 aliphatic heterocycles. The highest BCUT2D eigenvalue weighted by molar-refractivity contribution is 5.92. The number of esters is 2. The van der Waals surface area contributed by atoms with Crippen LogP contribution in [0.25, 0.3) is 0 Å². The van der Waals surface area contributed by atoms with Gasteiger partial charge in [-0.3, -0.25) is 4.89 Å². The van der Waals surface area contributed by atoms with E-state index in [-0.39, 0.29) is 28.4 Å². The monoisotopic (exact) mass is 434 g/mol. The van der Waals surface area contributed by atoms with Crippen molar-refractivity contribution in [2.24, 2.45) is 0 Å². The van der Waals surface area contributed by atoms with Gasteiger partial charge < -0.3 is 14.6 Å². The second-order valence-electron chi connectivity index (χ2n) is 6.47. The third kappa shape index (κ3) is 5.73. The Morgan fingerprint density at radius 1 is 0.812 bits per heavy atom. The van der Waals surface area contributed by atoms with Crippen LogP contribution in [0, 0.1) is 6.92 Å². The summed E-state index contributed by atoms with van der Waals surface area (Å²) in [4.78, 5) is 44.8. The lowest BCUT2D eigenvalue weighted by Gasteiger charge is -2.10. The van der Waals surface area contributed by atoms with Gasteiger partial charge in [-0.25, -0.2) is 19.3 Å². The summed E-state index contributed by atoms with van der Waals surface area (Å²) in [7, 11) is 0. The fraction of sp³-hybridized carbons (Fsp3) is 0.0417. The van der Waals surface area contributed by atoms with Gasteiger partial charge in [-0.2, -0.15) is 0 Å². The Labute approximate surface area is 183 Å². The molecule has 0 amide bonds. The summed E-state index contributed by atoms with van der Waals surface area (Å²) >= 11 is 0. The second-order valence-corrected chi connectivity index (χ2v) is 6.47. The minimum atomic E-state index is -0.749. The summed E-state index contributed by atoms with van der Waals surface area (Å²) < 4.78 is 10.7. The van der Waals surface area contributed by atoms with Crippen LogP contribution in [0.1, 0.15) is 26.3 Å². The number of hydrogen-bond acceptors (Lipinski definition) is 8. The van der Waals surface area contributed by atoms with Gasteiger partial charge in [0, 0.05) is 6.08 Å². The van der Waals surface area contributed by atoms with Crippen LogP contribution >= 0.6 is 0 Å². The van der Waals surface area contributed by atoms with Gasteiger partial charge in [-0.1, -0.05) is 6.58 Å². The largest absolute Gasteiger partial charge is 0.508 e. The van der Waals surface area contributed by atoms with Gasteiger partial charge in [-0.15, -0.1) is 0 Å². The molecule has 162 valence electrons.